The van der Waals surface area contributed by atoms with Crippen molar-refractivity contribution in [1.82, 2.24) is 14.8 Å². The van der Waals surface area contributed by atoms with Crippen LogP contribution < -0.4 is 0 Å². The van der Waals surface area contributed by atoms with Gasteiger partial charge in [0, 0.05) is 38.4 Å². The van der Waals surface area contributed by atoms with Gasteiger partial charge in [-0.1, -0.05) is 0 Å². The van der Waals surface area contributed by atoms with Gasteiger partial charge >= 0.3 is 5.97 Å². The Kier molecular flexibility index (Phi) is 4.79. The standard InChI is InChI=1S/C14H21N3O3/c1-11-10-16(7-5-13(18)20-2)8-9-17(11)14(19)12-4-3-6-15-12/h3-4,6,11,15H,5,7-10H2,1-2H3. The highest BCUT2D eigenvalue weighted by molar-refractivity contribution is 5.92. The van der Waals surface area contributed by atoms with Crippen molar-refractivity contribution in [2.24, 2.45) is 0 Å². The van der Waals surface area contributed by atoms with Gasteiger partial charge in [0.1, 0.15) is 5.69 Å². The lowest BCUT2D eigenvalue weighted by Gasteiger charge is -2.39. The Hall–Kier alpha value is -1.82. The molecule has 1 aliphatic heterocycles. The number of aromatic nitrogens is 1. The summed E-state index contributed by atoms with van der Waals surface area (Å²) < 4.78 is 4.64. The largest absolute Gasteiger partial charge is 0.469 e. The van der Waals surface area contributed by atoms with Crippen LogP contribution in [0.3, 0.4) is 0 Å². The number of methoxy groups -OCH3 is 1. The number of aromatic amines is 1. The van der Waals surface area contributed by atoms with Crippen molar-refractivity contribution in [1.29, 1.82) is 0 Å². The molecule has 6 heteroatoms. The maximum atomic E-state index is 12.3. The Morgan fingerprint density at radius 1 is 1.45 bits per heavy atom. The summed E-state index contributed by atoms with van der Waals surface area (Å²) in [5.74, 6) is -0.155. The molecule has 0 aliphatic carbocycles. The highest BCUT2D eigenvalue weighted by Gasteiger charge is 2.28. The SMILES string of the molecule is COC(=O)CCN1CCN(C(=O)c2ccc[nH]2)C(C)C1. The van der Waals surface area contributed by atoms with E-state index >= 15 is 0 Å². The van der Waals surface area contributed by atoms with Gasteiger partial charge in [0.15, 0.2) is 0 Å². The van der Waals surface area contributed by atoms with E-state index in [2.05, 4.69) is 14.6 Å². The molecule has 1 aliphatic rings. The fraction of sp³-hybridized carbons (Fsp3) is 0.571. The number of esters is 1. The van der Waals surface area contributed by atoms with Gasteiger partial charge in [-0.05, 0) is 19.1 Å². The van der Waals surface area contributed by atoms with Crippen molar-refractivity contribution in [2.75, 3.05) is 33.3 Å². The molecule has 6 nitrogen and oxygen atoms in total. The third-order valence-electron chi connectivity index (χ3n) is 3.66. The van der Waals surface area contributed by atoms with Crippen molar-refractivity contribution in [3.8, 4) is 0 Å². The number of ether oxygens (including phenoxy) is 1. The molecule has 110 valence electrons. The molecule has 1 amide bonds. The molecule has 1 N–H and O–H groups in total. The topological polar surface area (TPSA) is 65.6 Å². The molecule has 2 heterocycles. The summed E-state index contributed by atoms with van der Waals surface area (Å²) in [5, 5.41) is 0. The van der Waals surface area contributed by atoms with E-state index in [4.69, 9.17) is 0 Å². The zero-order valence-electron chi connectivity index (χ0n) is 12.0. The van der Waals surface area contributed by atoms with E-state index in [0.29, 0.717) is 25.2 Å². The average Bonchev–Trinajstić information content (AvgIpc) is 2.98. The number of amides is 1. The van der Waals surface area contributed by atoms with Crippen LogP contribution >= 0.6 is 0 Å². The molecule has 1 unspecified atom stereocenters. The predicted octanol–water partition coefficient (Wildman–Crippen LogP) is 0.724. The normalized spacial score (nSPS) is 19.9. The van der Waals surface area contributed by atoms with Crippen molar-refractivity contribution in [3.05, 3.63) is 24.0 Å². The van der Waals surface area contributed by atoms with Gasteiger partial charge in [-0.15, -0.1) is 0 Å². The van der Waals surface area contributed by atoms with Crippen molar-refractivity contribution >= 4 is 11.9 Å². The number of carbonyl (C=O) groups is 2. The molecule has 1 aromatic heterocycles. The van der Waals surface area contributed by atoms with E-state index < -0.39 is 0 Å². The lowest BCUT2D eigenvalue weighted by molar-refractivity contribution is -0.141. The second-order valence-corrected chi connectivity index (χ2v) is 5.06. The molecule has 1 fully saturated rings. The highest BCUT2D eigenvalue weighted by Crippen LogP contribution is 2.13. The van der Waals surface area contributed by atoms with Crippen LogP contribution in [0.2, 0.25) is 0 Å². The predicted molar refractivity (Wildman–Crippen MR) is 74.4 cm³/mol. The van der Waals surface area contributed by atoms with E-state index in [0.717, 1.165) is 13.1 Å². The Labute approximate surface area is 118 Å². The van der Waals surface area contributed by atoms with Crippen molar-refractivity contribution in [2.45, 2.75) is 19.4 Å². The molecule has 0 radical (unpaired) electrons. The third kappa shape index (κ3) is 3.39. The van der Waals surface area contributed by atoms with E-state index in [9.17, 15) is 9.59 Å². The molecular formula is C14H21N3O3. The Morgan fingerprint density at radius 2 is 2.25 bits per heavy atom. The summed E-state index contributed by atoms with van der Waals surface area (Å²) in [6, 6.07) is 3.75. The van der Waals surface area contributed by atoms with Gasteiger partial charge in [-0.3, -0.25) is 14.5 Å². The minimum atomic E-state index is -0.192. The first kappa shape index (κ1) is 14.6. The molecule has 0 aromatic carbocycles. The molecule has 0 bridgehead atoms. The molecule has 0 spiro atoms. The van der Waals surface area contributed by atoms with Crippen LogP contribution in [0.25, 0.3) is 0 Å². The van der Waals surface area contributed by atoms with Gasteiger partial charge in [-0.25, -0.2) is 0 Å². The Balaban J connectivity index is 1.86. The lowest BCUT2D eigenvalue weighted by atomic mass is 10.1. The number of carbonyl (C=O) groups excluding carboxylic acids is 2. The monoisotopic (exact) mass is 279 g/mol. The van der Waals surface area contributed by atoms with Gasteiger partial charge < -0.3 is 14.6 Å². The number of H-pyrrole nitrogens is 1. The molecular weight excluding hydrogens is 258 g/mol. The van der Waals surface area contributed by atoms with Crippen molar-refractivity contribution < 1.29 is 14.3 Å². The summed E-state index contributed by atoms with van der Waals surface area (Å²) in [6.45, 7) is 4.96. The van der Waals surface area contributed by atoms with Gasteiger partial charge in [0.25, 0.3) is 5.91 Å². The molecule has 0 saturated carbocycles. The molecule has 1 atom stereocenters. The van der Waals surface area contributed by atoms with Crippen LogP contribution in [0, 0.1) is 0 Å². The second kappa shape index (κ2) is 6.56. The van der Waals surface area contributed by atoms with Gasteiger partial charge in [0.2, 0.25) is 0 Å². The summed E-state index contributed by atoms with van der Waals surface area (Å²) in [7, 11) is 1.40. The summed E-state index contributed by atoms with van der Waals surface area (Å²) in [5.41, 5.74) is 0.625. The average molecular weight is 279 g/mol. The fourth-order valence-corrected chi connectivity index (χ4v) is 2.51. The Morgan fingerprint density at radius 3 is 2.85 bits per heavy atom. The number of hydrogen-bond donors (Lipinski definition) is 1. The molecule has 2 rings (SSSR count). The first-order valence-corrected chi connectivity index (χ1v) is 6.85. The number of rotatable bonds is 4. The zero-order valence-corrected chi connectivity index (χ0v) is 12.0. The lowest BCUT2D eigenvalue weighted by Crippen LogP contribution is -2.54. The molecule has 20 heavy (non-hydrogen) atoms. The van der Waals surface area contributed by atoms with E-state index in [1.807, 2.05) is 17.9 Å². The second-order valence-electron chi connectivity index (χ2n) is 5.06. The maximum Gasteiger partial charge on any atom is 0.306 e. The fourth-order valence-electron chi connectivity index (χ4n) is 2.51. The summed E-state index contributed by atoms with van der Waals surface area (Å²) in [6.07, 6.45) is 2.15. The number of nitrogens with one attached hydrogen (secondary N) is 1. The summed E-state index contributed by atoms with van der Waals surface area (Å²) in [4.78, 5) is 30.5. The Bertz CT molecular complexity index is 458. The number of hydrogen-bond acceptors (Lipinski definition) is 4. The minimum Gasteiger partial charge on any atom is -0.469 e. The van der Waals surface area contributed by atoms with Crippen molar-refractivity contribution in [3.63, 3.8) is 0 Å². The zero-order chi connectivity index (χ0) is 14.5. The van der Waals surface area contributed by atoms with Crippen LogP contribution in [-0.2, 0) is 9.53 Å². The van der Waals surface area contributed by atoms with Gasteiger partial charge in [-0.2, -0.15) is 0 Å². The smallest absolute Gasteiger partial charge is 0.306 e. The first-order valence-electron chi connectivity index (χ1n) is 6.85. The number of piperazine rings is 1. The van der Waals surface area contributed by atoms with E-state index in [1.54, 1.807) is 12.3 Å². The van der Waals surface area contributed by atoms with Crippen LogP contribution in [0.5, 0.6) is 0 Å². The van der Waals surface area contributed by atoms with Crippen LogP contribution in [0.4, 0.5) is 0 Å². The van der Waals surface area contributed by atoms with Crippen LogP contribution in [-0.4, -0.2) is 66.0 Å². The van der Waals surface area contributed by atoms with E-state index in [1.165, 1.54) is 7.11 Å². The van der Waals surface area contributed by atoms with Crippen LogP contribution in [0.1, 0.15) is 23.8 Å². The quantitative estimate of drug-likeness (QED) is 0.825. The van der Waals surface area contributed by atoms with E-state index in [-0.39, 0.29) is 17.9 Å². The van der Waals surface area contributed by atoms with Gasteiger partial charge in [0.05, 0.1) is 13.5 Å². The van der Waals surface area contributed by atoms with Crippen LogP contribution in [0.15, 0.2) is 18.3 Å². The molecule has 1 saturated heterocycles. The first-order chi connectivity index (χ1) is 9.61. The minimum absolute atomic E-state index is 0.0371. The molecule has 1 aromatic rings. The summed E-state index contributed by atoms with van der Waals surface area (Å²) >= 11 is 0. The third-order valence-corrected chi connectivity index (χ3v) is 3.66. The maximum absolute atomic E-state index is 12.3. The highest BCUT2D eigenvalue weighted by atomic mass is 16.5. The number of nitrogens with zero attached hydrogens (tertiary/aromatic N) is 2.